The van der Waals surface area contributed by atoms with E-state index < -0.39 is 16.4 Å². The zero-order chi connectivity index (χ0) is 15.0. The molecule has 1 N–H and O–H groups in total. The highest BCUT2D eigenvalue weighted by molar-refractivity contribution is 5.34. The van der Waals surface area contributed by atoms with Crippen molar-refractivity contribution >= 4 is 5.69 Å². The van der Waals surface area contributed by atoms with Crippen molar-refractivity contribution in [3.05, 3.63) is 39.7 Å². The van der Waals surface area contributed by atoms with Gasteiger partial charge in [0.2, 0.25) is 5.82 Å². The van der Waals surface area contributed by atoms with Crippen LogP contribution < -0.4 is 5.32 Å². The Morgan fingerprint density at radius 2 is 2.10 bits per heavy atom. The molecule has 0 saturated heterocycles. The number of nitro benzene ring substituents is 1. The highest BCUT2D eigenvalue weighted by atomic mass is 19.1. The summed E-state index contributed by atoms with van der Waals surface area (Å²) in [6.07, 6.45) is 6.02. The van der Waals surface area contributed by atoms with Crippen LogP contribution in [0.25, 0.3) is 0 Å². The zero-order valence-corrected chi connectivity index (χ0v) is 12.2. The molecule has 1 unspecified atom stereocenters. The lowest BCUT2D eigenvalue weighted by atomic mass is 10.1. The number of rotatable bonds is 9. The fraction of sp³-hybridized carbons (Fsp3) is 0.600. The standard InChI is InChI=1S/C15H23FN2O2/c1-3-4-5-6-7-12(2)17-11-13-8-9-15(18(19)20)14(16)10-13/h8-10,12,17H,3-7,11H2,1-2H3. The maximum absolute atomic E-state index is 13.4. The Hall–Kier alpha value is -1.49. The summed E-state index contributed by atoms with van der Waals surface area (Å²) in [6.45, 7) is 4.82. The predicted molar refractivity (Wildman–Crippen MR) is 78.1 cm³/mol. The first-order valence-electron chi connectivity index (χ1n) is 7.20. The van der Waals surface area contributed by atoms with E-state index in [1.807, 2.05) is 0 Å². The Kier molecular flexibility index (Phi) is 7.15. The molecule has 0 aliphatic carbocycles. The van der Waals surface area contributed by atoms with Crippen LogP contribution in [-0.2, 0) is 6.54 Å². The van der Waals surface area contributed by atoms with Gasteiger partial charge in [-0.2, -0.15) is 4.39 Å². The second kappa shape index (κ2) is 8.64. The first kappa shape index (κ1) is 16.6. The SMILES string of the molecule is CCCCCCC(C)NCc1ccc([N+](=O)[O-])c(F)c1. The number of nitrogens with one attached hydrogen (secondary N) is 1. The molecule has 0 bridgehead atoms. The molecule has 0 aromatic heterocycles. The molecule has 1 atom stereocenters. The van der Waals surface area contributed by atoms with Gasteiger partial charge in [-0.1, -0.05) is 38.7 Å². The van der Waals surface area contributed by atoms with Crippen molar-refractivity contribution in [2.45, 2.75) is 58.5 Å². The third kappa shape index (κ3) is 5.65. The fourth-order valence-corrected chi connectivity index (χ4v) is 2.08. The van der Waals surface area contributed by atoms with E-state index in [1.165, 1.54) is 37.8 Å². The Morgan fingerprint density at radius 3 is 2.70 bits per heavy atom. The van der Waals surface area contributed by atoms with Crippen LogP contribution in [0.15, 0.2) is 18.2 Å². The van der Waals surface area contributed by atoms with Crippen LogP contribution in [0.1, 0.15) is 51.5 Å². The predicted octanol–water partition coefficient (Wildman–Crippen LogP) is 4.18. The molecule has 1 aromatic rings. The van der Waals surface area contributed by atoms with Crippen LogP contribution >= 0.6 is 0 Å². The van der Waals surface area contributed by atoms with Gasteiger partial charge in [-0.15, -0.1) is 0 Å². The second-order valence-corrected chi connectivity index (χ2v) is 5.17. The minimum Gasteiger partial charge on any atom is -0.310 e. The first-order valence-corrected chi connectivity index (χ1v) is 7.20. The lowest BCUT2D eigenvalue weighted by molar-refractivity contribution is -0.387. The number of nitrogens with zero attached hydrogens (tertiary/aromatic N) is 1. The lowest BCUT2D eigenvalue weighted by Crippen LogP contribution is -2.25. The Bertz CT molecular complexity index is 438. The van der Waals surface area contributed by atoms with Crippen LogP contribution in [0.2, 0.25) is 0 Å². The molecule has 5 heteroatoms. The Labute approximate surface area is 119 Å². The Balaban J connectivity index is 2.38. The van der Waals surface area contributed by atoms with Crippen molar-refractivity contribution in [2.24, 2.45) is 0 Å². The molecule has 0 amide bonds. The van der Waals surface area contributed by atoms with E-state index in [0.29, 0.717) is 12.6 Å². The molecule has 0 radical (unpaired) electrons. The van der Waals surface area contributed by atoms with Gasteiger partial charge in [0.15, 0.2) is 0 Å². The topological polar surface area (TPSA) is 55.2 Å². The smallest absolute Gasteiger partial charge is 0.304 e. The van der Waals surface area contributed by atoms with Crippen LogP contribution in [0.5, 0.6) is 0 Å². The number of benzene rings is 1. The van der Waals surface area contributed by atoms with Crippen LogP contribution in [0, 0.1) is 15.9 Å². The maximum Gasteiger partial charge on any atom is 0.304 e. The maximum atomic E-state index is 13.4. The molecule has 0 aliphatic heterocycles. The van der Waals surface area contributed by atoms with E-state index in [-0.39, 0.29) is 0 Å². The van der Waals surface area contributed by atoms with Gasteiger partial charge in [0.05, 0.1) is 4.92 Å². The van der Waals surface area contributed by atoms with Gasteiger partial charge in [0, 0.05) is 18.7 Å². The monoisotopic (exact) mass is 282 g/mol. The van der Waals surface area contributed by atoms with Gasteiger partial charge < -0.3 is 5.32 Å². The summed E-state index contributed by atoms with van der Waals surface area (Å²) >= 11 is 0. The highest BCUT2D eigenvalue weighted by Gasteiger charge is 2.13. The van der Waals surface area contributed by atoms with E-state index in [9.17, 15) is 14.5 Å². The summed E-state index contributed by atoms with van der Waals surface area (Å²) in [4.78, 5) is 9.82. The molecule has 1 rings (SSSR count). The summed E-state index contributed by atoms with van der Waals surface area (Å²) in [7, 11) is 0. The van der Waals surface area contributed by atoms with Gasteiger partial charge in [0.25, 0.3) is 0 Å². The lowest BCUT2D eigenvalue weighted by Gasteiger charge is -2.13. The van der Waals surface area contributed by atoms with E-state index in [1.54, 1.807) is 6.07 Å². The summed E-state index contributed by atoms with van der Waals surface area (Å²) in [5, 5.41) is 13.8. The average molecular weight is 282 g/mol. The van der Waals surface area contributed by atoms with E-state index in [2.05, 4.69) is 19.2 Å². The normalized spacial score (nSPS) is 12.3. The highest BCUT2D eigenvalue weighted by Crippen LogP contribution is 2.18. The van der Waals surface area contributed by atoms with Gasteiger partial charge in [-0.3, -0.25) is 10.1 Å². The van der Waals surface area contributed by atoms with E-state index in [4.69, 9.17) is 0 Å². The molecule has 112 valence electrons. The number of hydrogen-bond donors (Lipinski definition) is 1. The number of unbranched alkanes of at least 4 members (excludes halogenated alkanes) is 3. The molecule has 4 nitrogen and oxygen atoms in total. The minimum absolute atomic E-state index is 0.366. The van der Waals surface area contributed by atoms with Crippen molar-refractivity contribution in [1.29, 1.82) is 0 Å². The first-order chi connectivity index (χ1) is 9.54. The molecule has 0 spiro atoms. The minimum atomic E-state index is -0.773. The summed E-state index contributed by atoms with van der Waals surface area (Å²) in [5.41, 5.74) is 0.259. The number of hydrogen-bond acceptors (Lipinski definition) is 3. The van der Waals surface area contributed by atoms with Gasteiger partial charge in [0.1, 0.15) is 0 Å². The van der Waals surface area contributed by atoms with Crippen molar-refractivity contribution in [1.82, 2.24) is 5.32 Å². The summed E-state index contributed by atoms with van der Waals surface area (Å²) in [5.74, 6) is -0.773. The van der Waals surface area contributed by atoms with Crippen LogP contribution in [-0.4, -0.2) is 11.0 Å². The molecule has 0 aliphatic rings. The van der Waals surface area contributed by atoms with Gasteiger partial charge >= 0.3 is 5.69 Å². The molecule has 0 heterocycles. The van der Waals surface area contributed by atoms with Crippen molar-refractivity contribution in [2.75, 3.05) is 0 Å². The molecule has 1 aromatic carbocycles. The second-order valence-electron chi connectivity index (χ2n) is 5.17. The quantitative estimate of drug-likeness (QED) is 0.420. The third-order valence-corrected chi connectivity index (χ3v) is 3.35. The third-order valence-electron chi connectivity index (χ3n) is 3.35. The summed E-state index contributed by atoms with van der Waals surface area (Å²) < 4.78 is 13.4. The largest absolute Gasteiger partial charge is 0.310 e. The zero-order valence-electron chi connectivity index (χ0n) is 12.2. The average Bonchev–Trinajstić information content (AvgIpc) is 2.41. The van der Waals surface area contributed by atoms with Crippen LogP contribution in [0.3, 0.4) is 0 Å². The van der Waals surface area contributed by atoms with Crippen molar-refractivity contribution in [3.8, 4) is 0 Å². The molecule has 0 fully saturated rings. The summed E-state index contributed by atoms with van der Waals surface area (Å²) in [6, 6.07) is 4.41. The van der Waals surface area contributed by atoms with E-state index in [0.717, 1.165) is 12.0 Å². The van der Waals surface area contributed by atoms with Gasteiger partial charge in [-0.05, 0) is 25.0 Å². The fourth-order valence-electron chi connectivity index (χ4n) is 2.08. The van der Waals surface area contributed by atoms with Crippen LogP contribution in [0.4, 0.5) is 10.1 Å². The number of nitro groups is 1. The van der Waals surface area contributed by atoms with Crippen molar-refractivity contribution < 1.29 is 9.31 Å². The van der Waals surface area contributed by atoms with Crippen molar-refractivity contribution in [3.63, 3.8) is 0 Å². The van der Waals surface area contributed by atoms with Gasteiger partial charge in [-0.25, -0.2) is 0 Å². The molecular weight excluding hydrogens is 259 g/mol. The van der Waals surface area contributed by atoms with E-state index >= 15 is 0 Å². The number of halogens is 1. The molecule has 0 saturated carbocycles. The molecule has 20 heavy (non-hydrogen) atoms. The Morgan fingerprint density at radius 1 is 1.35 bits per heavy atom. The molecular formula is C15H23FN2O2.